The van der Waals surface area contributed by atoms with Crippen LogP contribution in [0.3, 0.4) is 0 Å². The Morgan fingerprint density at radius 3 is 2.71 bits per heavy atom. The third kappa shape index (κ3) is 1.93. The second-order valence-corrected chi connectivity index (χ2v) is 6.55. The molecular weight excluding hydrogens is 320 g/mol. The Bertz CT molecular complexity index is 1170. The van der Waals surface area contributed by atoms with E-state index in [2.05, 4.69) is 15.1 Å². The molecule has 0 radical (unpaired) electrons. The van der Waals surface area contributed by atoms with Crippen LogP contribution in [0.4, 0.5) is 0 Å². The predicted molar refractivity (Wildman–Crippen MR) is 97.0 cm³/mol. The van der Waals surface area contributed by atoms with Gasteiger partial charge in [-0.1, -0.05) is 60.3 Å². The summed E-state index contributed by atoms with van der Waals surface area (Å²) < 4.78 is 1.41. The predicted octanol–water partition coefficient (Wildman–Crippen LogP) is 3.24. The summed E-state index contributed by atoms with van der Waals surface area (Å²) in [6.45, 7) is 0. The van der Waals surface area contributed by atoms with Gasteiger partial charge in [0.2, 0.25) is 0 Å². The van der Waals surface area contributed by atoms with E-state index >= 15 is 0 Å². The van der Waals surface area contributed by atoms with Crippen LogP contribution in [-0.2, 0) is 0 Å². The van der Waals surface area contributed by atoms with Crippen LogP contribution in [-0.4, -0.2) is 26.1 Å². The maximum absolute atomic E-state index is 12.9. The number of thioether (sulfide) groups is 1. The number of para-hydroxylation sites is 1. The third-order valence-corrected chi connectivity index (χ3v) is 5.08. The maximum Gasteiger partial charge on any atom is 0.299 e. The van der Waals surface area contributed by atoms with Crippen LogP contribution in [0.25, 0.3) is 21.9 Å². The Morgan fingerprint density at radius 1 is 1.04 bits per heavy atom. The highest BCUT2D eigenvalue weighted by Crippen LogP contribution is 2.27. The minimum absolute atomic E-state index is 0.160. The van der Waals surface area contributed by atoms with Gasteiger partial charge in [-0.3, -0.25) is 4.79 Å². The highest BCUT2D eigenvalue weighted by Gasteiger charge is 2.20. The molecule has 0 aliphatic carbocycles. The lowest BCUT2D eigenvalue weighted by Gasteiger charge is -2.15. The van der Waals surface area contributed by atoms with Gasteiger partial charge in [0.05, 0.1) is 5.71 Å². The number of nitrogens with one attached hydrogen (secondary N) is 1. The molecule has 0 saturated carbocycles. The molecule has 116 valence electrons. The molecule has 0 atom stereocenters. The number of nitrogens with zero attached hydrogens (tertiary/aromatic N) is 3. The average Bonchev–Trinajstić information content (AvgIpc) is 3.02. The normalized spacial score (nSPS) is 13.9. The number of rotatable bonds is 1. The summed E-state index contributed by atoms with van der Waals surface area (Å²) in [5, 5.41) is 6.15. The van der Waals surface area contributed by atoms with Gasteiger partial charge in [0.15, 0.2) is 5.16 Å². The van der Waals surface area contributed by atoms with Crippen LogP contribution < -0.4 is 5.56 Å². The first-order valence-corrected chi connectivity index (χ1v) is 8.59. The minimum atomic E-state index is -0.160. The van der Waals surface area contributed by atoms with Crippen LogP contribution in [0, 0.1) is 0 Å². The molecule has 0 unspecified atom stereocenters. The van der Waals surface area contributed by atoms with Crippen molar-refractivity contribution < 1.29 is 0 Å². The Hall–Kier alpha value is -2.86. The molecule has 0 spiro atoms. The van der Waals surface area contributed by atoms with Gasteiger partial charge in [0.1, 0.15) is 11.0 Å². The van der Waals surface area contributed by atoms with Crippen molar-refractivity contribution in [2.24, 2.45) is 5.10 Å². The number of hydrogen-bond acceptors (Lipinski definition) is 4. The zero-order valence-electron chi connectivity index (χ0n) is 12.6. The van der Waals surface area contributed by atoms with Gasteiger partial charge in [0.25, 0.3) is 5.56 Å². The van der Waals surface area contributed by atoms with Crippen LogP contribution in [0.2, 0.25) is 0 Å². The number of H-pyrrole nitrogens is 1. The van der Waals surface area contributed by atoms with E-state index < -0.39 is 0 Å². The molecule has 0 bridgehead atoms. The molecule has 0 fully saturated rings. The lowest BCUT2D eigenvalue weighted by Crippen LogP contribution is -2.25. The van der Waals surface area contributed by atoms with Crippen molar-refractivity contribution in [2.45, 2.75) is 5.16 Å². The first kappa shape index (κ1) is 13.6. The average molecular weight is 332 g/mol. The fourth-order valence-electron chi connectivity index (χ4n) is 2.97. The van der Waals surface area contributed by atoms with E-state index in [1.807, 2.05) is 54.6 Å². The molecule has 0 amide bonds. The molecule has 6 heteroatoms. The van der Waals surface area contributed by atoms with Crippen molar-refractivity contribution in [3.63, 3.8) is 0 Å². The molecule has 5 nitrogen and oxygen atoms in total. The third-order valence-electron chi connectivity index (χ3n) is 4.14. The zero-order chi connectivity index (χ0) is 16.1. The molecule has 1 N–H and O–H groups in total. The van der Waals surface area contributed by atoms with Crippen LogP contribution >= 0.6 is 11.8 Å². The number of aromatic amines is 1. The summed E-state index contributed by atoms with van der Waals surface area (Å²) in [7, 11) is 0. The van der Waals surface area contributed by atoms with Crippen LogP contribution in [0.1, 0.15) is 5.56 Å². The van der Waals surface area contributed by atoms with Crippen molar-refractivity contribution in [2.75, 3.05) is 5.75 Å². The van der Waals surface area contributed by atoms with Crippen molar-refractivity contribution in [3.8, 4) is 0 Å². The van der Waals surface area contributed by atoms with Crippen LogP contribution in [0.15, 0.2) is 69.6 Å². The SMILES string of the molecule is O=c1c2[nH]c3ccccc3c2nc2n1N=C(c1ccccc1)CS2. The Balaban J connectivity index is 1.79. The fraction of sp³-hybridized carbons (Fsp3) is 0.0556. The van der Waals surface area contributed by atoms with Gasteiger partial charge < -0.3 is 4.98 Å². The zero-order valence-corrected chi connectivity index (χ0v) is 13.4. The second-order valence-electron chi connectivity index (χ2n) is 5.61. The molecule has 3 heterocycles. The van der Waals surface area contributed by atoms with E-state index in [1.165, 1.54) is 16.4 Å². The molecular formula is C18H12N4OS. The van der Waals surface area contributed by atoms with Gasteiger partial charge in [0, 0.05) is 16.7 Å². The molecule has 1 aliphatic heterocycles. The van der Waals surface area contributed by atoms with Gasteiger partial charge in [-0.15, -0.1) is 0 Å². The summed E-state index contributed by atoms with van der Waals surface area (Å²) >= 11 is 1.54. The van der Waals surface area contributed by atoms with Gasteiger partial charge in [-0.25, -0.2) is 4.98 Å². The number of fused-ring (bicyclic) bond motifs is 4. The number of aromatic nitrogens is 3. The molecule has 5 rings (SSSR count). The number of hydrogen-bond donors (Lipinski definition) is 1. The first-order valence-electron chi connectivity index (χ1n) is 7.61. The molecule has 0 saturated heterocycles. The van der Waals surface area contributed by atoms with E-state index in [1.54, 1.807) is 0 Å². The van der Waals surface area contributed by atoms with Gasteiger partial charge in [-0.2, -0.15) is 9.78 Å². The topological polar surface area (TPSA) is 63.0 Å². The smallest absolute Gasteiger partial charge is 0.299 e. The Morgan fingerprint density at radius 2 is 1.83 bits per heavy atom. The Kier molecular flexibility index (Phi) is 2.87. The molecule has 24 heavy (non-hydrogen) atoms. The maximum atomic E-state index is 12.9. The summed E-state index contributed by atoms with van der Waals surface area (Å²) in [6, 6.07) is 17.7. The van der Waals surface area contributed by atoms with E-state index in [-0.39, 0.29) is 5.56 Å². The lowest BCUT2D eigenvalue weighted by atomic mass is 10.1. The van der Waals surface area contributed by atoms with Crippen molar-refractivity contribution in [1.82, 2.24) is 14.6 Å². The lowest BCUT2D eigenvalue weighted by molar-refractivity contribution is 0.698. The Labute approximate surface area is 141 Å². The molecule has 1 aliphatic rings. The van der Waals surface area contributed by atoms with E-state index in [4.69, 9.17) is 0 Å². The quantitative estimate of drug-likeness (QED) is 0.544. The first-order chi connectivity index (χ1) is 11.8. The molecule has 2 aromatic carbocycles. The van der Waals surface area contributed by atoms with Gasteiger partial charge >= 0.3 is 0 Å². The van der Waals surface area contributed by atoms with E-state index in [0.29, 0.717) is 21.9 Å². The van der Waals surface area contributed by atoms with E-state index in [9.17, 15) is 4.79 Å². The molecule has 2 aromatic heterocycles. The standard InChI is InChI=1S/C18H12N4OS/c23-17-16-15(12-8-4-5-9-13(12)19-16)20-18-22(17)21-14(10-24-18)11-6-2-1-3-7-11/h1-9,19H,10H2. The minimum Gasteiger partial charge on any atom is -0.349 e. The summed E-state index contributed by atoms with van der Waals surface area (Å²) in [5.41, 5.74) is 3.88. The highest BCUT2D eigenvalue weighted by atomic mass is 32.2. The summed E-state index contributed by atoms with van der Waals surface area (Å²) in [6.07, 6.45) is 0. The van der Waals surface area contributed by atoms with Crippen molar-refractivity contribution in [1.29, 1.82) is 0 Å². The van der Waals surface area contributed by atoms with Crippen LogP contribution in [0.5, 0.6) is 0 Å². The fourth-order valence-corrected chi connectivity index (χ4v) is 3.86. The summed E-state index contributed by atoms with van der Waals surface area (Å²) in [4.78, 5) is 20.7. The largest absolute Gasteiger partial charge is 0.349 e. The summed E-state index contributed by atoms with van der Waals surface area (Å²) in [5.74, 6) is 0.699. The monoisotopic (exact) mass is 332 g/mol. The highest BCUT2D eigenvalue weighted by molar-refractivity contribution is 7.99. The van der Waals surface area contributed by atoms with Crippen molar-refractivity contribution >= 4 is 39.4 Å². The van der Waals surface area contributed by atoms with Crippen molar-refractivity contribution in [3.05, 3.63) is 70.5 Å². The molecule has 4 aromatic rings. The second kappa shape index (κ2) is 5.07. The van der Waals surface area contributed by atoms with E-state index in [0.717, 1.165) is 22.2 Å². The van der Waals surface area contributed by atoms with Gasteiger partial charge in [-0.05, 0) is 11.6 Å². The number of benzene rings is 2.